The zero-order valence-electron chi connectivity index (χ0n) is 11.1. The minimum Gasteiger partial charge on any atom is -0.327 e. The maximum atomic E-state index is 11.9. The number of hydrogen-bond acceptors (Lipinski definition) is 4. The highest BCUT2D eigenvalue weighted by molar-refractivity contribution is 5.91. The molecule has 1 amide bonds. The van der Waals surface area contributed by atoms with Gasteiger partial charge in [-0.05, 0) is 43.0 Å². The lowest BCUT2D eigenvalue weighted by Crippen LogP contribution is -2.28. The molecule has 3 rings (SSSR count). The summed E-state index contributed by atoms with van der Waals surface area (Å²) in [5.74, 6) is 0.508. The molecule has 1 heterocycles. The minimum absolute atomic E-state index is 0.00979. The number of carbonyl (C=O) groups is 1. The molecule has 2 aromatic rings. The second-order valence-electron chi connectivity index (χ2n) is 5.14. The highest BCUT2D eigenvalue weighted by atomic mass is 16.1. The molecule has 1 unspecified atom stereocenters. The molecule has 0 bridgehead atoms. The maximum absolute atomic E-state index is 11.9. The Balaban J connectivity index is 1.58. The van der Waals surface area contributed by atoms with Gasteiger partial charge in [0.1, 0.15) is 12.7 Å². The van der Waals surface area contributed by atoms with Crippen LogP contribution in [-0.4, -0.2) is 26.7 Å². The first-order valence-corrected chi connectivity index (χ1v) is 6.73. The quantitative estimate of drug-likeness (QED) is 0.859. The molecule has 1 aliphatic carbocycles. The summed E-state index contributed by atoms with van der Waals surface area (Å²) in [6.45, 7) is 0. The average Bonchev–Trinajstić information content (AvgIpc) is 3.15. The maximum Gasteiger partial charge on any atom is 0.225 e. The Morgan fingerprint density at radius 2 is 2.15 bits per heavy atom. The van der Waals surface area contributed by atoms with Crippen molar-refractivity contribution in [1.29, 1.82) is 0 Å². The Labute approximate surface area is 117 Å². The fraction of sp³-hybridized carbons (Fsp3) is 0.357. The number of nitrogens with one attached hydrogen (secondary N) is 1. The second kappa shape index (κ2) is 5.42. The third-order valence-electron chi connectivity index (χ3n) is 3.48. The molecule has 6 heteroatoms. The standard InChI is InChI=1S/C14H17N5O/c15-13(10-1-2-10)7-14(20)18-11-3-5-12(6-4-11)19-9-16-8-17-19/h3-6,8-10,13H,1-2,7,15H2,(H,18,20). The van der Waals surface area contributed by atoms with E-state index in [0.717, 1.165) is 24.2 Å². The summed E-state index contributed by atoms with van der Waals surface area (Å²) in [6, 6.07) is 7.44. The summed E-state index contributed by atoms with van der Waals surface area (Å²) >= 11 is 0. The molecule has 3 N–H and O–H groups in total. The van der Waals surface area contributed by atoms with Crippen LogP contribution in [0.1, 0.15) is 19.3 Å². The Bertz CT molecular complexity index is 574. The molecule has 0 radical (unpaired) electrons. The summed E-state index contributed by atoms with van der Waals surface area (Å²) in [7, 11) is 0. The van der Waals surface area contributed by atoms with Crippen molar-refractivity contribution in [1.82, 2.24) is 14.8 Å². The molecule has 20 heavy (non-hydrogen) atoms. The third-order valence-corrected chi connectivity index (χ3v) is 3.48. The number of nitrogens with two attached hydrogens (primary N) is 1. The Morgan fingerprint density at radius 3 is 2.75 bits per heavy atom. The van der Waals surface area contributed by atoms with Crippen molar-refractivity contribution in [3.8, 4) is 5.69 Å². The summed E-state index contributed by atoms with van der Waals surface area (Å²) in [5, 5.41) is 6.91. The zero-order chi connectivity index (χ0) is 13.9. The van der Waals surface area contributed by atoms with E-state index in [9.17, 15) is 4.79 Å². The van der Waals surface area contributed by atoms with E-state index < -0.39 is 0 Å². The van der Waals surface area contributed by atoms with Gasteiger partial charge in [-0.15, -0.1) is 0 Å². The first-order valence-electron chi connectivity index (χ1n) is 6.73. The fourth-order valence-electron chi connectivity index (χ4n) is 2.16. The molecule has 1 fully saturated rings. The lowest BCUT2D eigenvalue weighted by atomic mass is 10.1. The smallest absolute Gasteiger partial charge is 0.225 e. The number of benzene rings is 1. The van der Waals surface area contributed by atoms with Crippen molar-refractivity contribution >= 4 is 11.6 Å². The Hall–Kier alpha value is -2.21. The van der Waals surface area contributed by atoms with Gasteiger partial charge < -0.3 is 11.1 Å². The van der Waals surface area contributed by atoms with Crippen molar-refractivity contribution in [2.45, 2.75) is 25.3 Å². The molecule has 1 saturated carbocycles. The van der Waals surface area contributed by atoms with Crippen molar-refractivity contribution in [2.75, 3.05) is 5.32 Å². The SMILES string of the molecule is NC(CC(=O)Nc1ccc(-n2cncn2)cc1)C1CC1. The first kappa shape index (κ1) is 12.8. The Kier molecular flexibility index (Phi) is 3.47. The van der Waals surface area contributed by atoms with Gasteiger partial charge in [-0.3, -0.25) is 4.79 Å². The molecule has 0 aliphatic heterocycles. The van der Waals surface area contributed by atoms with Crippen molar-refractivity contribution in [2.24, 2.45) is 11.7 Å². The average molecular weight is 271 g/mol. The van der Waals surface area contributed by atoms with E-state index in [-0.39, 0.29) is 11.9 Å². The van der Waals surface area contributed by atoms with E-state index in [1.165, 1.54) is 6.33 Å². The molecule has 1 atom stereocenters. The molecule has 0 spiro atoms. The Morgan fingerprint density at radius 1 is 1.40 bits per heavy atom. The molecule has 0 saturated heterocycles. The van der Waals surface area contributed by atoms with Gasteiger partial charge in [-0.25, -0.2) is 9.67 Å². The zero-order valence-corrected chi connectivity index (χ0v) is 11.1. The van der Waals surface area contributed by atoms with Gasteiger partial charge >= 0.3 is 0 Å². The van der Waals surface area contributed by atoms with E-state index in [1.807, 2.05) is 24.3 Å². The lowest BCUT2D eigenvalue weighted by Gasteiger charge is -2.10. The van der Waals surface area contributed by atoms with Gasteiger partial charge in [0.25, 0.3) is 0 Å². The molecule has 104 valence electrons. The van der Waals surface area contributed by atoms with Gasteiger partial charge in [0, 0.05) is 18.2 Å². The summed E-state index contributed by atoms with van der Waals surface area (Å²) in [6.07, 6.45) is 5.80. The monoisotopic (exact) mass is 271 g/mol. The van der Waals surface area contributed by atoms with Crippen LogP contribution >= 0.6 is 0 Å². The largest absolute Gasteiger partial charge is 0.327 e. The summed E-state index contributed by atoms with van der Waals surface area (Å²) < 4.78 is 1.66. The van der Waals surface area contributed by atoms with E-state index in [0.29, 0.717) is 12.3 Å². The van der Waals surface area contributed by atoms with E-state index in [4.69, 9.17) is 5.73 Å². The van der Waals surface area contributed by atoms with Gasteiger partial charge in [0.15, 0.2) is 0 Å². The van der Waals surface area contributed by atoms with Gasteiger partial charge in [0.2, 0.25) is 5.91 Å². The van der Waals surface area contributed by atoms with Crippen LogP contribution in [0.4, 0.5) is 5.69 Å². The van der Waals surface area contributed by atoms with Crippen LogP contribution in [0.3, 0.4) is 0 Å². The summed E-state index contributed by atoms with van der Waals surface area (Å²) in [5.41, 5.74) is 7.61. The van der Waals surface area contributed by atoms with Crippen molar-refractivity contribution in [3.05, 3.63) is 36.9 Å². The van der Waals surface area contributed by atoms with Crippen molar-refractivity contribution < 1.29 is 4.79 Å². The van der Waals surface area contributed by atoms with E-state index in [1.54, 1.807) is 11.0 Å². The van der Waals surface area contributed by atoms with Crippen LogP contribution in [0.5, 0.6) is 0 Å². The number of nitrogens with zero attached hydrogens (tertiary/aromatic N) is 3. The number of carbonyl (C=O) groups excluding carboxylic acids is 1. The molecule has 6 nitrogen and oxygen atoms in total. The minimum atomic E-state index is -0.0297. The number of anilines is 1. The van der Waals surface area contributed by atoms with E-state index >= 15 is 0 Å². The second-order valence-corrected chi connectivity index (χ2v) is 5.14. The number of amides is 1. The normalized spacial score (nSPS) is 15.8. The van der Waals surface area contributed by atoms with Gasteiger partial charge in [0.05, 0.1) is 5.69 Å². The van der Waals surface area contributed by atoms with Crippen LogP contribution in [0, 0.1) is 5.92 Å². The molecule has 1 aromatic carbocycles. The highest BCUT2D eigenvalue weighted by Gasteiger charge is 2.29. The van der Waals surface area contributed by atoms with Gasteiger partial charge in [-0.2, -0.15) is 5.10 Å². The molecule has 1 aromatic heterocycles. The number of aromatic nitrogens is 3. The molecule has 1 aliphatic rings. The van der Waals surface area contributed by atoms with Crippen LogP contribution in [0.2, 0.25) is 0 Å². The first-order chi connectivity index (χ1) is 9.72. The van der Waals surface area contributed by atoms with Crippen LogP contribution in [0.25, 0.3) is 5.69 Å². The molecular weight excluding hydrogens is 254 g/mol. The number of hydrogen-bond donors (Lipinski definition) is 2. The highest BCUT2D eigenvalue weighted by Crippen LogP contribution is 2.32. The van der Waals surface area contributed by atoms with E-state index in [2.05, 4.69) is 15.4 Å². The predicted octanol–water partition coefficient (Wildman–Crippen LogP) is 1.33. The van der Waals surface area contributed by atoms with Crippen LogP contribution < -0.4 is 11.1 Å². The molecular formula is C14H17N5O. The van der Waals surface area contributed by atoms with Crippen molar-refractivity contribution in [3.63, 3.8) is 0 Å². The lowest BCUT2D eigenvalue weighted by molar-refractivity contribution is -0.116. The number of rotatable bonds is 5. The van der Waals surface area contributed by atoms with Crippen LogP contribution in [0.15, 0.2) is 36.9 Å². The third kappa shape index (κ3) is 3.03. The topological polar surface area (TPSA) is 85.8 Å². The fourth-order valence-corrected chi connectivity index (χ4v) is 2.16. The van der Waals surface area contributed by atoms with Gasteiger partial charge in [-0.1, -0.05) is 0 Å². The summed E-state index contributed by atoms with van der Waals surface area (Å²) in [4.78, 5) is 15.7. The van der Waals surface area contributed by atoms with Crippen LogP contribution in [-0.2, 0) is 4.79 Å². The predicted molar refractivity (Wildman–Crippen MR) is 75.3 cm³/mol.